The summed E-state index contributed by atoms with van der Waals surface area (Å²) in [5.41, 5.74) is -0.513. The van der Waals surface area contributed by atoms with Crippen molar-refractivity contribution in [1.29, 1.82) is 0 Å². The zero-order chi connectivity index (χ0) is 27.7. The molecule has 2 saturated carbocycles. The molecule has 0 radical (unpaired) electrons. The predicted molar refractivity (Wildman–Crippen MR) is 147 cm³/mol. The van der Waals surface area contributed by atoms with Crippen LogP contribution in [-0.2, 0) is 14.4 Å². The van der Waals surface area contributed by atoms with E-state index in [1.807, 2.05) is 31.2 Å². The average molecular weight is 555 g/mol. The first-order valence-electron chi connectivity index (χ1n) is 13.8. The van der Waals surface area contributed by atoms with Gasteiger partial charge in [0.05, 0.1) is 28.5 Å². The van der Waals surface area contributed by atoms with Gasteiger partial charge in [0.25, 0.3) is 0 Å². The van der Waals surface area contributed by atoms with Gasteiger partial charge in [-0.1, -0.05) is 29.8 Å². The lowest BCUT2D eigenvalue weighted by atomic mass is 9.84. The predicted octanol–water partition coefficient (Wildman–Crippen LogP) is 5.31. The molecular formula is C30H35ClN2O6. The van der Waals surface area contributed by atoms with Gasteiger partial charge < -0.3 is 19.5 Å². The van der Waals surface area contributed by atoms with Crippen molar-refractivity contribution in [2.24, 2.45) is 23.2 Å². The lowest BCUT2D eigenvalue weighted by Gasteiger charge is -2.25. The van der Waals surface area contributed by atoms with Crippen molar-refractivity contribution < 1.29 is 29.0 Å². The molecule has 9 heteroatoms. The number of ketones is 1. The molecule has 3 aliphatic rings. The molecule has 39 heavy (non-hydrogen) atoms. The molecule has 0 bridgehead atoms. The molecule has 0 unspecified atom stereocenters. The summed E-state index contributed by atoms with van der Waals surface area (Å²) in [4.78, 5) is 45.7. The Hall–Kier alpha value is -3.13. The Kier molecular flexibility index (Phi) is 7.85. The summed E-state index contributed by atoms with van der Waals surface area (Å²) < 4.78 is 12.1. The molecule has 8 nitrogen and oxygen atoms in total. The fraction of sp³-hybridized carbons (Fsp3) is 0.533. The van der Waals surface area contributed by atoms with Crippen LogP contribution in [-0.4, -0.2) is 59.0 Å². The fourth-order valence-corrected chi connectivity index (χ4v) is 6.41. The number of allylic oxidation sites excluding steroid dienone is 2. The smallest absolute Gasteiger partial charge is 0.310 e. The van der Waals surface area contributed by atoms with E-state index in [0.717, 1.165) is 24.6 Å². The van der Waals surface area contributed by atoms with Gasteiger partial charge in [0, 0.05) is 37.4 Å². The summed E-state index contributed by atoms with van der Waals surface area (Å²) in [6, 6.07) is 7.16. The van der Waals surface area contributed by atoms with Gasteiger partial charge in [-0.25, -0.2) is 4.98 Å². The van der Waals surface area contributed by atoms with E-state index in [2.05, 4.69) is 4.98 Å². The minimum atomic E-state index is -1.07. The maximum Gasteiger partial charge on any atom is 0.310 e. The number of rotatable bonds is 5. The molecule has 1 amide bonds. The van der Waals surface area contributed by atoms with Gasteiger partial charge in [-0.05, 0) is 63.5 Å². The molecule has 1 aromatic carbocycles. The van der Waals surface area contributed by atoms with E-state index in [1.165, 1.54) is 0 Å². The second kappa shape index (κ2) is 11.2. The number of fused-ring (bicyclic) bond motifs is 3. The SMILES string of the molecule is CCOc1cc(O[C@@H]2C[C@H]3C(=O)C[C@]4(C(=O)O)C[C@@H]4/C=C\CCCCN(C)C(=O)[C@@H]3C2)c2cccc(Cl)c2n1. The molecule has 2 aliphatic carbocycles. The zero-order valence-corrected chi connectivity index (χ0v) is 23.2. The van der Waals surface area contributed by atoms with Gasteiger partial charge in [0.2, 0.25) is 11.8 Å². The Labute approximate surface area is 233 Å². The van der Waals surface area contributed by atoms with Gasteiger partial charge in [-0.15, -0.1) is 0 Å². The number of carbonyl (C=O) groups excluding carboxylic acids is 2. The largest absolute Gasteiger partial charge is 0.489 e. The van der Waals surface area contributed by atoms with Gasteiger partial charge in [-0.3, -0.25) is 14.4 Å². The number of Topliss-reactive ketones (excluding diaryl/α,β-unsaturated/α-hetero) is 1. The summed E-state index contributed by atoms with van der Waals surface area (Å²) >= 11 is 6.42. The molecule has 208 valence electrons. The number of carboxylic acids is 1. The summed E-state index contributed by atoms with van der Waals surface area (Å²) in [7, 11) is 1.78. The third kappa shape index (κ3) is 5.49. The number of pyridine rings is 1. The van der Waals surface area contributed by atoms with Crippen LogP contribution in [0.5, 0.6) is 11.6 Å². The van der Waals surface area contributed by atoms with Crippen molar-refractivity contribution in [2.45, 2.75) is 58.0 Å². The van der Waals surface area contributed by atoms with E-state index < -0.39 is 29.3 Å². The number of aliphatic carboxylic acids is 1. The van der Waals surface area contributed by atoms with Gasteiger partial charge >= 0.3 is 5.97 Å². The number of benzene rings is 1. The first-order valence-corrected chi connectivity index (χ1v) is 14.2. The molecular weight excluding hydrogens is 520 g/mol. The third-order valence-electron chi connectivity index (χ3n) is 8.47. The minimum absolute atomic E-state index is 0.0650. The maximum absolute atomic E-state index is 13.7. The summed E-state index contributed by atoms with van der Waals surface area (Å²) in [5, 5.41) is 11.2. The Bertz CT molecular complexity index is 1310. The minimum Gasteiger partial charge on any atom is -0.489 e. The van der Waals surface area contributed by atoms with E-state index in [0.29, 0.717) is 54.6 Å². The molecule has 2 fully saturated rings. The first kappa shape index (κ1) is 27.4. The molecule has 2 aromatic rings. The second-order valence-corrected chi connectivity index (χ2v) is 11.5. The van der Waals surface area contributed by atoms with Crippen LogP contribution < -0.4 is 9.47 Å². The van der Waals surface area contributed by atoms with Crippen molar-refractivity contribution in [1.82, 2.24) is 9.88 Å². The van der Waals surface area contributed by atoms with Crippen LogP contribution in [0.1, 0.15) is 51.9 Å². The van der Waals surface area contributed by atoms with Crippen LogP contribution in [0, 0.1) is 23.2 Å². The normalized spacial score (nSPS) is 30.3. The summed E-state index contributed by atoms with van der Waals surface area (Å²) in [6.45, 7) is 2.90. The number of aromatic nitrogens is 1. The molecule has 5 rings (SSSR count). The highest BCUT2D eigenvalue weighted by Gasteiger charge is 2.61. The Morgan fingerprint density at radius 1 is 1.23 bits per heavy atom. The molecule has 0 saturated heterocycles. The Balaban J connectivity index is 1.44. The van der Waals surface area contributed by atoms with E-state index >= 15 is 0 Å². The third-order valence-corrected chi connectivity index (χ3v) is 8.78. The van der Waals surface area contributed by atoms with Gasteiger partial charge in [-0.2, -0.15) is 0 Å². The van der Waals surface area contributed by atoms with Crippen LogP contribution in [0.15, 0.2) is 36.4 Å². The number of ether oxygens (including phenoxy) is 2. The first-order chi connectivity index (χ1) is 18.7. The number of carbonyl (C=O) groups is 3. The lowest BCUT2D eigenvalue weighted by Crippen LogP contribution is -2.38. The number of halogens is 1. The molecule has 0 spiro atoms. The Morgan fingerprint density at radius 2 is 2.03 bits per heavy atom. The number of carboxylic acid groups (broad SMARTS) is 1. The number of hydrogen-bond acceptors (Lipinski definition) is 6. The van der Waals surface area contributed by atoms with E-state index in [9.17, 15) is 19.5 Å². The van der Waals surface area contributed by atoms with Crippen molar-refractivity contribution in [3.63, 3.8) is 0 Å². The molecule has 1 aromatic heterocycles. The molecule has 2 heterocycles. The number of hydrogen-bond donors (Lipinski definition) is 1. The molecule has 5 atom stereocenters. The second-order valence-electron chi connectivity index (χ2n) is 11.1. The number of para-hydroxylation sites is 1. The Morgan fingerprint density at radius 3 is 2.79 bits per heavy atom. The maximum atomic E-state index is 13.7. The van der Waals surface area contributed by atoms with Crippen molar-refractivity contribution in [3.05, 3.63) is 41.4 Å². The van der Waals surface area contributed by atoms with Crippen molar-refractivity contribution in [3.8, 4) is 11.6 Å². The number of nitrogens with zero attached hydrogens (tertiary/aromatic N) is 2. The highest BCUT2D eigenvalue weighted by atomic mass is 35.5. The lowest BCUT2D eigenvalue weighted by molar-refractivity contribution is -0.147. The van der Waals surface area contributed by atoms with Gasteiger partial charge in [0.15, 0.2) is 0 Å². The molecule has 1 N–H and O–H groups in total. The molecule has 1 aliphatic heterocycles. The van der Waals surface area contributed by atoms with Crippen molar-refractivity contribution in [2.75, 3.05) is 20.2 Å². The summed E-state index contributed by atoms with van der Waals surface area (Å²) in [6.07, 6.45) is 7.28. The van der Waals surface area contributed by atoms with E-state index in [-0.39, 0.29) is 24.0 Å². The summed E-state index contributed by atoms with van der Waals surface area (Å²) in [5.74, 6) is -1.57. The highest BCUT2D eigenvalue weighted by Crippen LogP contribution is 2.57. The van der Waals surface area contributed by atoms with Crippen LogP contribution in [0.4, 0.5) is 0 Å². The van der Waals surface area contributed by atoms with Crippen LogP contribution in [0.2, 0.25) is 5.02 Å². The van der Waals surface area contributed by atoms with E-state index in [1.54, 1.807) is 24.1 Å². The number of amides is 1. The van der Waals surface area contributed by atoms with Crippen LogP contribution >= 0.6 is 11.6 Å². The van der Waals surface area contributed by atoms with Crippen LogP contribution in [0.25, 0.3) is 10.9 Å². The van der Waals surface area contributed by atoms with Crippen LogP contribution in [0.3, 0.4) is 0 Å². The standard InChI is InChI=1S/C30H35ClN2O6/c1-3-38-26-15-25(20-10-8-11-23(31)27(20)32-26)39-19-13-21-22(14-19)28(35)33(2)12-7-5-4-6-9-18-16-30(18,29(36)37)17-24(21)34/h6,8-11,15,18-19,21-22H,3-5,7,12-14,16-17H2,1-2H3,(H,36,37)/b9-6-/t18-,19+,21+,22+,30+/m0/s1. The highest BCUT2D eigenvalue weighted by molar-refractivity contribution is 6.35. The van der Waals surface area contributed by atoms with E-state index in [4.69, 9.17) is 21.1 Å². The van der Waals surface area contributed by atoms with Gasteiger partial charge in [0.1, 0.15) is 17.6 Å². The van der Waals surface area contributed by atoms with Crippen molar-refractivity contribution >= 4 is 40.2 Å². The fourth-order valence-electron chi connectivity index (χ4n) is 6.19. The average Bonchev–Trinajstić information content (AvgIpc) is 3.44. The zero-order valence-electron chi connectivity index (χ0n) is 22.4. The topological polar surface area (TPSA) is 106 Å². The quantitative estimate of drug-likeness (QED) is 0.499. The monoisotopic (exact) mass is 554 g/mol.